The van der Waals surface area contributed by atoms with Gasteiger partial charge in [0.05, 0.1) is 31.0 Å². The van der Waals surface area contributed by atoms with Gasteiger partial charge in [0.2, 0.25) is 5.91 Å². The minimum Gasteiger partial charge on any atom is -0.450 e. The molecule has 0 aliphatic carbocycles. The number of nitrogens with one attached hydrogen (secondary N) is 1. The maximum absolute atomic E-state index is 13.7. The molecule has 1 aromatic heterocycles. The van der Waals surface area contributed by atoms with Crippen LogP contribution in [0.2, 0.25) is 0 Å². The fourth-order valence-corrected chi connectivity index (χ4v) is 4.42. The molecule has 3 rings (SSSR count). The second kappa shape index (κ2) is 13.8. The Morgan fingerprint density at radius 3 is 2.50 bits per heavy atom. The van der Waals surface area contributed by atoms with Crippen LogP contribution in [-0.4, -0.2) is 83.2 Å². The fraction of sp³-hybridized carbons (Fsp3) is 0.517. The second-order valence-corrected chi connectivity index (χ2v) is 10.9. The first-order chi connectivity index (χ1) is 19.7. The molecule has 13 heteroatoms. The number of carbonyl (C=O) groups excluding carboxylic acids is 3. The van der Waals surface area contributed by atoms with Crippen LogP contribution >= 0.6 is 0 Å². The molecule has 2 heterocycles. The summed E-state index contributed by atoms with van der Waals surface area (Å²) in [5.74, 6) is -0.479. The van der Waals surface area contributed by atoms with E-state index in [2.05, 4.69) is 10.3 Å². The van der Waals surface area contributed by atoms with Gasteiger partial charge in [-0.2, -0.15) is 13.2 Å². The van der Waals surface area contributed by atoms with E-state index in [4.69, 9.17) is 9.47 Å². The van der Waals surface area contributed by atoms with Crippen LogP contribution in [0.1, 0.15) is 50.1 Å². The summed E-state index contributed by atoms with van der Waals surface area (Å²) in [5, 5.41) is 3.12. The molecule has 0 saturated heterocycles. The number of aromatic nitrogens is 1. The van der Waals surface area contributed by atoms with Gasteiger partial charge in [-0.25, -0.2) is 9.59 Å². The highest BCUT2D eigenvalue weighted by molar-refractivity contribution is 5.81. The van der Waals surface area contributed by atoms with E-state index in [1.165, 1.54) is 29.1 Å². The number of hydrogen-bond donors (Lipinski definition) is 1. The van der Waals surface area contributed by atoms with Crippen LogP contribution in [0.3, 0.4) is 0 Å². The standard InChI is InChI=1S/C29H38F3N5O5/c1-6-41-27(40)37-14-12-21-20(18-37)9-7-11-23(21)34-17-25(38)36(16-15-35(5)26(39)42-28(2,3)4)19-24-22(29(30,31)32)10-8-13-33-24/h7-11,13,34H,6,12,14-19H2,1-5H3. The summed E-state index contributed by atoms with van der Waals surface area (Å²) >= 11 is 0. The molecule has 1 N–H and O–H groups in total. The minimum atomic E-state index is -4.65. The molecular weight excluding hydrogens is 555 g/mol. The molecule has 0 fully saturated rings. The van der Waals surface area contributed by atoms with Gasteiger partial charge in [0.15, 0.2) is 0 Å². The summed E-state index contributed by atoms with van der Waals surface area (Å²) in [6.07, 6.45) is -3.87. The number of fused-ring (bicyclic) bond motifs is 1. The van der Waals surface area contributed by atoms with Gasteiger partial charge < -0.3 is 29.5 Å². The van der Waals surface area contributed by atoms with Gasteiger partial charge >= 0.3 is 18.4 Å². The number of pyridine rings is 1. The van der Waals surface area contributed by atoms with Gasteiger partial charge in [-0.05, 0) is 63.4 Å². The van der Waals surface area contributed by atoms with E-state index in [1.807, 2.05) is 12.1 Å². The lowest BCUT2D eigenvalue weighted by Crippen LogP contribution is -2.43. The summed E-state index contributed by atoms with van der Waals surface area (Å²) in [7, 11) is 1.49. The molecule has 3 amide bonds. The largest absolute Gasteiger partial charge is 0.450 e. The van der Waals surface area contributed by atoms with Crippen LogP contribution < -0.4 is 5.32 Å². The molecule has 0 radical (unpaired) electrons. The Labute approximate surface area is 243 Å². The predicted octanol–water partition coefficient (Wildman–Crippen LogP) is 4.92. The predicted molar refractivity (Wildman–Crippen MR) is 150 cm³/mol. The van der Waals surface area contributed by atoms with Crippen molar-refractivity contribution in [2.45, 2.75) is 59.0 Å². The molecule has 0 unspecified atom stereocenters. The van der Waals surface area contributed by atoms with Crippen molar-refractivity contribution >= 4 is 23.8 Å². The average molecular weight is 594 g/mol. The maximum atomic E-state index is 13.7. The van der Waals surface area contributed by atoms with Gasteiger partial charge in [-0.15, -0.1) is 0 Å². The topological polar surface area (TPSA) is 104 Å². The van der Waals surface area contributed by atoms with E-state index in [-0.39, 0.29) is 31.9 Å². The molecule has 0 atom stereocenters. The maximum Gasteiger partial charge on any atom is 0.418 e. The smallest absolute Gasteiger partial charge is 0.418 e. The van der Waals surface area contributed by atoms with Crippen molar-refractivity contribution in [3.8, 4) is 0 Å². The number of benzene rings is 1. The Balaban J connectivity index is 1.76. The quantitative estimate of drug-likeness (QED) is 0.440. The van der Waals surface area contributed by atoms with E-state index < -0.39 is 42.0 Å². The first-order valence-corrected chi connectivity index (χ1v) is 13.7. The SMILES string of the molecule is CCOC(=O)N1CCc2c(cccc2NCC(=O)N(CCN(C)C(=O)OC(C)(C)C)Cc2ncccc2C(F)(F)F)C1. The highest BCUT2D eigenvalue weighted by Gasteiger charge is 2.35. The molecular formula is C29H38F3N5O5. The molecule has 42 heavy (non-hydrogen) atoms. The summed E-state index contributed by atoms with van der Waals surface area (Å²) < 4.78 is 51.5. The number of likely N-dealkylation sites (N-methyl/N-ethyl adjacent to an activating group) is 1. The Hall–Kier alpha value is -4.03. The number of carbonyl (C=O) groups is 3. The number of rotatable bonds is 9. The number of halogens is 3. The van der Waals surface area contributed by atoms with Crippen LogP contribution in [0.25, 0.3) is 0 Å². The van der Waals surface area contributed by atoms with Crippen LogP contribution in [0, 0.1) is 0 Å². The monoisotopic (exact) mass is 593 g/mol. The van der Waals surface area contributed by atoms with Gasteiger partial charge in [-0.3, -0.25) is 9.78 Å². The van der Waals surface area contributed by atoms with E-state index in [0.29, 0.717) is 25.2 Å². The summed E-state index contributed by atoms with van der Waals surface area (Å²) in [5.41, 5.74) is 0.595. The Morgan fingerprint density at radius 1 is 1.10 bits per heavy atom. The third kappa shape index (κ3) is 8.98. The zero-order valence-electron chi connectivity index (χ0n) is 24.6. The molecule has 1 aromatic carbocycles. The fourth-order valence-electron chi connectivity index (χ4n) is 4.42. The molecule has 2 aromatic rings. The van der Waals surface area contributed by atoms with Crippen molar-refractivity contribution in [2.24, 2.45) is 0 Å². The highest BCUT2D eigenvalue weighted by Crippen LogP contribution is 2.31. The molecule has 0 spiro atoms. The Kier molecular flexibility index (Phi) is 10.6. The van der Waals surface area contributed by atoms with Crippen molar-refractivity contribution in [2.75, 3.05) is 45.2 Å². The molecule has 1 aliphatic rings. The van der Waals surface area contributed by atoms with E-state index >= 15 is 0 Å². The van der Waals surface area contributed by atoms with Crippen molar-refractivity contribution in [3.05, 3.63) is 58.9 Å². The van der Waals surface area contributed by atoms with Crippen molar-refractivity contribution in [1.82, 2.24) is 19.7 Å². The number of hydrogen-bond acceptors (Lipinski definition) is 7. The summed E-state index contributed by atoms with van der Waals surface area (Å²) in [4.78, 5) is 46.0. The molecule has 230 valence electrons. The summed E-state index contributed by atoms with van der Waals surface area (Å²) in [6.45, 7) is 7.35. The zero-order chi connectivity index (χ0) is 31.1. The van der Waals surface area contributed by atoms with E-state index in [0.717, 1.165) is 17.2 Å². The second-order valence-electron chi connectivity index (χ2n) is 10.9. The lowest BCUT2D eigenvalue weighted by molar-refractivity contribution is -0.140. The minimum absolute atomic E-state index is 0.0271. The third-order valence-electron chi connectivity index (χ3n) is 6.52. The number of nitrogens with zero attached hydrogens (tertiary/aromatic N) is 4. The van der Waals surface area contributed by atoms with Crippen molar-refractivity contribution < 1.29 is 37.0 Å². The van der Waals surface area contributed by atoms with Gasteiger partial charge in [0.25, 0.3) is 0 Å². The normalized spacial score (nSPS) is 13.2. The number of amides is 3. The first kappa shape index (κ1) is 32.5. The third-order valence-corrected chi connectivity index (χ3v) is 6.52. The van der Waals surface area contributed by atoms with Crippen molar-refractivity contribution in [1.29, 1.82) is 0 Å². The average Bonchev–Trinajstić information content (AvgIpc) is 2.92. The number of alkyl halides is 3. The van der Waals surface area contributed by atoms with Crippen LogP contribution in [0.4, 0.5) is 28.4 Å². The van der Waals surface area contributed by atoms with Crippen LogP contribution in [0.5, 0.6) is 0 Å². The number of ether oxygens (including phenoxy) is 2. The molecule has 10 nitrogen and oxygen atoms in total. The molecule has 0 saturated carbocycles. The lowest BCUT2D eigenvalue weighted by Gasteiger charge is -2.30. The van der Waals surface area contributed by atoms with Gasteiger partial charge in [0.1, 0.15) is 5.60 Å². The highest BCUT2D eigenvalue weighted by atomic mass is 19.4. The zero-order valence-corrected chi connectivity index (χ0v) is 24.6. The van der Waals surface area contributed by atoms with Gasteiger partial charge in [0, 0.05) is 45.1 Å². The summed E-state index contributed by atoms with van der Waals surface area (Å²) in [6, 6.07) is 7.63. The van der Waals surface area contributed by atoms with Gasteiger partial charge in [-0.1, -0.05) is 12.1 Å². The van der Waals surface area contributed by atoms with Crippen LogP contribution in [-0.2, 0) is 40.0 Å². The van der Waals surface area contributed by atoms with Crippen LogP contribution in [0.15, 0.2) is 36.5 Å². The first-order valence-electron chi connectivity index (χ1n) is 13.7. The van der Waals surface area contributed by atoms with E-state index in [1.54, 1.807) is 38.7 Å². The number of anilines is 1. The van der Waals surface area contributed by atoms with Crippen molar-refractivity contribution in [3.63, 3.8) is 0 Å². The Morgan fingerprint density at radius 2 is 1.83 bits per heavy atom. The molecule has 1 aliphatic heterocycles. The van der Waals surface area contributed by atoms with E-state index in [9.17, 15) is 27.6 Å². The molecule has 0 bridgehead atoms. The lowest BCUT2D eigenvalue weighted by atomic mass is 9.98. The Bertz CT molecular complexity index is 1260.